The Balaban J connectivity index is 1.74. The summed E-state index contributed by atoms with van der Waals surface area (Å²) >= 11 is 0. The molecule has 0 bridgehead atoms. The van der Waals surface area contributed by atoms with Crippen LogP contribution in [0.4, 0.5) is 10.7 Å². The van der Waals surface area contributed by atoms with Gasteiger partial charge in [-0.1, -0.05) is 31.2 Å². The lowest BCUT2D eigenvalue weighted by molar-refractivity contribution is 0.0412. The minimum Gasteiger partial charge on any atom is -0.440 e. The quantitative estimate of drug-likeness (QED) is 0.767. The zero-order valence-corrected chi connectivity index (χ0v) is 11.8. The third-order valence-electron chi connectivity index (χ3n) is 4.56. The molecule has 1 aromatic heterocycles. The van der Waals surface area contributed by atoms with Gasteiger partial charge in [0, 0.05) is 11.5 Å². The third kappa shape index (κ3) is 1.78. The van der Waals surface area contributed by atoms with Crippen molar-refractivity contribution in [2.45, 2.75) is 37.7 Å². The molecule has 1 aliphatic carbocycles. The highest BCUT2D eigenvalue weighted by atomic mass is 16.6. The molecule has 1 saturated heterocycles. The van der Waals surface area contributed by atoms with Crippen LogP contribution in [-0.4, -0.2) is 11.7 Å². The molecule has 1 aliphatic heterocycles. The van der Waals surface area contributed by atoms with E-state index in [1.165, 1.54) is 11.3 Å². The van der Waals surface area contributed by atoms with E-state index in [9.17, 15) is 4.79 Å². The number of hydrogen-bond acceptors (Lipinski definition) is 3. The Labute approximate surface area is 123 Å². The van der Waals surface area contributed by atoms with Crippen LogP contribution in [0.15, 0.2) is 47.0 Å². The molecule has 2 aromatic rings. The summed E-state index contributed by atoms with van der Waals surface area (Å²) in [5.41, 5.74) is 0.956. The number of amides is 1. The molecule has 0 atom stereocenters. The van der Waals surface area contributed by atoms with E-state index in [0.717, 1.165) is 36.7 Å². The highest BCUT2D eigenvalue weighted by molar-refractivity contribution is 5.96. The zero-order chi connectivity index (χ0) is 14.4. The fourth-order valence-corrected chi connectivity index (χ4v) is 3.40. The molecule has 1 amide bonds. The van der Waals surface area contributed by atoms with Crippen molar-refractivity contribution in [2.75, 3.05) is 4.90 Å². The van der Waals surface area contributed by atoms with Crippen molar-refractivity contribution < 1.29 is 13.9 Å². The van der Waals surface area contributed by atoms with E-state index in [2.05, 4.69) is 6.58 Å². The van der Waals surface area contributed by atoms with Crippen LogP contribution in [0.5, 0.6) is 0 Å². The summed E-state index contributed by atoms with van der Waals surface area (Å²) in [4.78, 5) is 13.8. The Kier molecular flexibility index (Phi) is 2.61. The van der Waals surface area contributed by atoms with Crippen molar-refractivity contribution in [3.63, 3.8) is 0 Å². The Hall–Kier alpha value is -2.23. The van der Waals surface area contributed by atoms with E-state index in [-0.39, 0.29) is 6.09 Å². The number of hydrogen-bond donors (Lipinski definition) is 0. The third-order valence-corrected chi connectivity index (χ3v) is 4.56. The van der Waals surface area contributed by atoms with Gasteiger partial charge < -0.3 is 9.15 Å². The first-order valence-electron chi connectivity index (χ1n) is 7.41. The standard InChI is InChI=1S/C17H17NO3/c1-12-17(9-5-2-6-10-17)21-16(19)18(12)15-11-13-7-3-4-8-14(13)20-15/h3-4,7-8,11H,1-2,5-6,9-10H2. The SMILES string of the molecule is C=C1N(c2cc3ccccc3o2)C(=O)OC12CCCCC2. The van der Waals surface area contributed by atoms with Gasteiger partial charge >= 0.3 is 6.09 Å². The molecule has 0 N–H and O–H groups in total. The van der Waals surface area contributed by atoms with Gasteiger partial charge in [0.2, 0.25) is 5.88 Å². The number of fused-ring (bicyclic) bond motifs is 1. The molecule has 4 rings (SSSR count). The minimum atomic E-state index is -0.520. The molecule has 2 fully saturated rings. The number of carbonyl (C=O) groups excluding carboxylic acids is 1. The van der Waals surface area contributed by atoms with Crippen LogP contribution < -0.4 is 4.90 Å². The number of para-hydroxylation sites is 1. The molecule has 1 aromatic carbocycles. The first-order valence-corrected chi connectivity index (χ1v) is 7.41. The summed E-state index contributed by atoms with van der Waals surface area (Å²) < 4.78 is 11.5. The molecule has 0 unspecified atom stereocenters. The predicted molar refractivity (Wildman–Crippen MR) is 80.1 cm³/mol. The first-order chi connectivity index (χ1) is 10.2. The molecule has 108 valence electrons. The molecule has 1 spiro atoms. The van der Waals surface area contributed by atoms with Crippen molar-refractivity contribution in [2.24, 2.45) is 0 Å². The molecule has 2 heterocycles. The van der Waals surface area contributed by atoms with Gasteiger partial charge in [-0.3, -0.25) is 0 Å². The van der Waals surface area contributed by atoms with Crippen LogP contribution in [0, 0.1) is 0 Å². The second-order valence-corrected chi connectivity index (χ2v) is 5.83. The van der Waals surface area contributed by atoms with Gasteiger partial charge in [-0.15, -0.1) is 0 Å². The lowest BCUT2D eigenvalue weighted by Gasteiger charge is -2.31. The van der Waals surface area contributed by atoms with Crippen LogP contribution in [0.1, 0.15) is 32.1 Å². The second kappa shape index (κ2) is 4.38. The number of rotatable bonds is 1. The topological polar surface area (TPSA) is 42.7 Å². The van der Waals surface area contributed by atoms with Crippen LogP contribution in [0.3, 0.4) is 0 Å². The van der Waals surface area contributed by atoms with Gasteiger partial charge in [0.05, 0.1) is 5.70 Å². The number of furan rings is 1. The van der Waals surface area contributed by atoms with Gasteiger partial charge in [-0.25, -0.2) is 9.69 Å². The van der Waals surface area contributed by atoms with Crippen LogP contribution in [-0.2, 0) is 4.74 Å². The number of carbonyl (C=O) groups is 1. The molecular weight excluding hydrogens is 266 g/mol. The normalized spacial score (nSPS) is 21.2. The van der Waals surface area contributed by atoms with Crippen molar-refractivity contribution in [3.05, 3.63) is 42.6 Å². The maximum Gasteiger partial charge on any atom is 0.422 e. The van der Waals surface area contributed by atoms with E-state index < -0.39 is 5.60 Å². The van der Waals surface area contributed by atoms with E-state index in [0.29, 0.717) is 11.6 Å². The molecule has 4 nitrogen and oxygen atoms in total. The maximum absolute atomic E-state index is 12.3. The molecular formula is C17H17NO3. The Morgan fingerprint density at radius 2 is 1.90 bits per heavy atom. The largest absolute Gasteiger partial charge is 0.440 e. The highest BCUT2D eigenvalue weighted by Gasteiger charge is 2.50. The van der Waals surface area contributed by atoms with Crippen molar-refractivity contribution in [1.82, 2.24) is 0 Å². The fourth-order valence-electron chi connectivity index (χ4n) is 3.40. The van der Waals surface area contributed by atoms with Crippen molar-refractivity contribution >= 4 is 22.9 Å². The van der Waals surface area contributed by atoms with E-state index in [4.69, 9.17) is 9.15 Å². The molecule has 0 radical (unpaired) electrons. The minimum absolute atomic E-state index is 0.374. The summed E-state index contributed by atoms with van der Waals surface area (Å²) in [6.45, 7) is 4.13. The van der Waals surface area contributed by atoms with Gasteiger partial charge in [-0.05, 0) is 31.7 Å². The molecule has 2 aliphatic rings. The molecule has 4 heteroatoms. The van der Waals surface area contributed by atoms with Crippen LogP contribution in [0.25, 0.3) is 11.0 Å². The Morgan fingerprint density at radius 1 is 1.14 bits per heavy atom. The molecule has 1 saturated carbocycles. The summed E-state index contributed by atoms with van der Waals surface area (Å²) in [5, 5.41) is 0.970. The van der Waals surface area contributed by atoms with Crippen molar-refractivity contribution in [3.8, 4) is 0 Å². The number of benzene rings is 1. The fraction of sp³-hybridized carbons (Fsp3) is 0.353. The first kappa shape index (κ1) is 12.5. The average Bonchev–Trinajstić information content (AvgIpc) is 3.00. The monoisotopic (exact) mass is 283 g/mol. The predicted octanol–water partition coefficient (Wildman–Crippen LogP) is 4.61. The van der Waals surface area contributed by atoms with Crippen molar-refractivity contribution in [1.29, 1.82) is 0 Å². The second-order valence-electron chi connectivity index (χ2n) is 5.83. The maximum atomic E-state index is 12.3. The Bertz CT molecular complexity index is 691. The van der Waals surface area contributed by atoms with Gasteiger partial charge in [0.1, 0.15) is 5.58 Å². The highest BCUT2D eigenvalue weighted by Crippen LogP contribution is 2.45. The lowest BCUT2D eigenvalue weighted by atomic mass is 9.83. The van der Waals surface area contributed by atoms with Crippen LogP contribution >= 0.6 is 0 Å². The molecule has 21 heavy (non-hydrogen) atoms. The summed E-state index contributed by atoms with van der Waals surface area (Å²) in [6, 6.07) is 9.57. The zero-order valence-electron chi connectivity index (χ0n) is 11.8. The van der Waals surface area contributed by atoms with E-state index >= 15 is 0 Å². The van der Waals surface area contributed by atoms with Crippen LogP contribution in [0.2, 0.25) is 0 Å². The van der Waals surface area contributed by atoms with Gasteiger partial charge in [0.15, 0.2) is 5.60 Å². The lowest BCUT2D eigenvalue weighted by Crippen LogP contribution is -2.33. The number of nitrogens with zero attached hydrogens (tertiary/aromatic N) is 1. The number of ether oxygens (including phenoxy) is 1. The average molecular weight is 283 g/mol. The van der Waals surface area contributed by atoms with E-state index in [1.54, 1.807) is 0 Å². The van der Waals surface area contributed by atoms with E-state index in [1.807, 2.05) is 30.3 Å². The summed E-state index contributed by atoms with van der Waals surface area (Å²) in [6.07, 6.45) is 4.67. The number of anilines is 1. The van der Waals surface area contributed by atoms with Gasteiger partial charge in [-0.2, -0.15) is 0 Å². The summed E-state index contributed by atoms with van der Waals surface area (Å²) in [5.74, 6) is 0.494. The summed E-state index contributed by atoms with van der Waals surface area (Å²) in [7, 11) is 0. The Morgan fingerprint density at radius 3 is 2.67 bits per heavy atom. The smallest absolute Gasteiger partial charge is 0.422 e. The van der Waals surface area contributed by atoms with Gasteiger partial charge in [0.25, 0.3) is 0 Å².